The van der Waals surface area contributed by atoms with E-state index in [-0.39, 0.29) is 11.9 Å². The summed E-state index contributed by atoms with van der Waals surface area (Å²) in [4.78, 5) is 24.7. The fraction of sp³-hybridized carbons (Fsp3) is 0.571. The van der Waals surface area contributed by atoms with Crippen molar-refractivity contribution < 1.29 is 14.3 Å². The highest BCUT2D eigenvalue weighted by Gasteiger charge is 2.18. The Balaban J connectivity index is 2.74. The summed E-state index contributed by atoms with van der Waals surface area (Å²) < 4.78 is 5.01. The summed E-state index contributed by atoms with van der Waals surface area (Å²) in [5.74, 6) is -0.454. The third-order valence-electron chi connectivity index (χ3n) is 2.71. The molecule has 0 aliphatic heterocycles. The van der Waals surface area contributed by atoms with Crippen molar-refractivity contribution in [3.8, 4) is 0 Å². The minimum Gasteiger partial charge on any atom is -0.462 e. The number of esters is 1. The van der Waals surface area contributed by atoms with Crippen LogP contribution in [0.2, 0.25) is 0 Å². The first-order valence-corrected chi connectivity index (χ1v) is 7.68. The molecule has 0 aliphatic carbocycles. The van der Waals surface area contributed by atoms with Crippen LogP contribution in [0.4, 0.5) is 5.00 Å². The topological polar surface area (TPSA) is 67.4 Å². The largest absolute Gasteiger partial charge is 0.462 e. The van der Waals surface area contributed by atoms with E-state index < -0.39 is 0 Å². The second kappa shape index (κ2) is 8.71. The summed E-state index contributed by atoms with van der Waals surface area (Å²) in [6.07, 6.45) is 2.03. The van der Waals surface area contributed by atoms with E-state index in [2.05, 4.69) is 10.6 Å². The zero-order valence-corrected chi connectivity index (χ0v) is 13.1. The van der Waals surface area contributed by atoms with E-state index in [4.69, 9.17) is 4.74 Å². The van der Waals surface area contributed by atoms with Gasteiger partial charge in [-0.3, -0.25) is 4.79 Å². The summed E-state index contributed by atoms with van der Waals surface area (Å²) in [5, 5.41) is 6.40. The van der Waals surface area contributed by atoms with Crippen molar-refractivity contribution in [3.63, 3.8) is 0 Å². The Bertz CT molecular complexity index is 457. The minimum absolute atomic E-state index is 0.0738. The number of carbonyl (C=O) groups excluding carboxylic acids is 2. The summed E-state index contributed by atoms with van der Waals surface area (Å²) in [6, 6.07) is 1.80. The molecule has 0 radical (unpaired) electrons. The summed E-state index contributed by atoms with van der Waals surface area (Å²) in [6.45, 7) is 4.90. The van der Waals surface area contributed by atoms with Crippen LogP contribution in [-0.4, -0.2) is 32.1 Å². The first-order valence-electron chi connectivity index (χ1n) is 6.86. The molecule has 0 unspecified atom stereocenters. The van der Waals surface area contributed by atoms with E-state index in [1.807, 2.05) is 14.0 Å². The Morgan fingerprint density at radius 1 is 1.35 bits per heavy atom. The van der Waals surface area contributed by atoms with Crippen molar-refractivity contribution in [3.05, 3.63) is 16.5 Å². The molecule has 0 saturated carbocycles. The van der Waals surface area contributed by atoms with Gasteiger partial charge in [0, 0.05) is 11.3 Å². The van der Waals surface area contributed by atoms with Crippen LogP contribution in [0.25, 0.3) is 0 Å². The number of hydrogen-bond acceptors (Lipinski definition) is 5. The predicted octanol–water partition coefficient (Wildman–Crippen LogP) is 2.43. The SMILES string of the molecule is CCOC(=O)c1cc(CC)sc1NC(=O)CCCNC. The Hall–Kier alpha value is -1.40. The van der Waals surface area contributed by atoms with Crippen molar-refractivity contribution in [2.45, 2.75) is 33.1 Å². The van der Waals surface area contributed by atoms with Gasteiger partial charge in [-0.1, -0.05) is 6.92 Å². The number of anilines is 1. The van der Waals surface area contributed by atoms with Crippen molar-refractivity contribution in [1.29, 1.82) is 0 Å². The van der Waals surface area contributed by atoms with Crippen LogP contribution in [0, 0.1) is 0 Å². The zero-order valence-electron chi connectivity index (χ0n) is 12.2. The molecule has 20 heavy (non-hydrogen) atoms. The molecule has 1 amide bonds. The second-order valence-electron chi connectivity index (χ2n) is 4.28. The third-order valence-corrected chi connectivity index (χ3v) is 3.91. The number of ether oxygens (including phenoxy) is 1. The molecule has 0 spiro atoms. The van der Waals surface area contributed by atoms with Crippen LogP contribution in [-0.2, 0) is 16.0 Å². The van der Waals surface area contributed by atoms with Crippen LogP contribution in [0.1, 0.15) is 41.9 Å². The molecule has 2 N–H and O–H groups in total. The van der Waals surface area contributed by atoms with Gasteiger partial charge >= 0.3 is 5.97 Å². The third kappa shape index (κ3) is 4.94. The van der Waals surface area contributed by atoms with Gasteiger partial charge in [0.1, 0.15) is 5.00 Å². The van der Waals surface area contributed by atoms with Gasteiger partial charge in [0.05, 0.1) is 12.2 Å². The lowest BCUT2D eigenvalue weighted by atomic mass is 10.2. The quantitative estimate of drug-likeness (QED) is 0.571. The molecule has 6 heteroatoms. The Kier molecular flexibility index (Phi) is 7.25. The number of nitrogens with one attached hydrogen (secondary N) is 2. The van der Waals surface area contributed by atoms with E-state index in [1.54, 1.807) is 13.0 Å². The number of rotatable bonds is 8. The van der Waals surface area contributed by atoms with Crippen LogP contribution in [0.3, 0.4) is 0 Å². The fourth-order valence-electron chi connectivity index (χ4n) is 1.68. The lowest BCUT2D eigenvalue weighted by molar-refractivity contribution is -0.116. The molecule has 1 aromatic rings. The zero-order chi connectivity index (χ0) is 15.0. The molecular formula is C14H22N2O3S. The van der Waals surface area contributed by atoms with Crippen molar-refractivity contribution in [2.24, 2.45) is 0 Å². The van der Waals surface area contributed by atoms with Gasteiger partial charge in [0.2, 0.25) is 5.91 Å². The Labute approximate surface area is 123 Å². The summed E-state index contributed by atoms with van der Waals surface area (Å²) in [7, 11) is 1.85. The molecule has 1 heterocycles. The normalized spacial score (nSPS) is 10.3. The maximum atomic E-state index is 11.9. The standard InChI is InChI=1S/C14H22N2O3S/c1-4-10-9-11(14(18)19-5-2)13(20-10)16-12(17)7-6-8-15-3/h9,15H,4-8H2,1-3H3,(H,16,17). The van der Waals surface area contributed by atoms with Crippen LogP contribution in [0.15, 0.2) is 6.07 Å². The van der Waals surface area contributed by atoms with E-state index in [0.717, 1.165) is 24.3 Å². The maximum Gasteiger partial charge on any atom is 0.341 e. The number of thiophene rings is 1. The molecule has 0 fully saturated rings. The molecule has 0 aromatic carbocycles. The average molecular weight is 298 g/mol. The van der Waals surface area contributed by atoms with Gasteiger partial charge in [-0.2, -0.15) is 0 Å². The Morgan fingerprint density at radius 2 is 2.10 bits per heavy atom. The first kappa shape index (κ1) is 16.7. The molecule has 0 bridgehead atoms. The van der Waals surface area contributed by atoms with Crippen LogP contribution < -0.4 is 10.6 Å². The molecule has 1 aromatic heterocycles. The van der Waals surface area contributed by atoms with Gasteiger partial charge in [-0.15, -0.1) is 11.3 Å². The number of hydrogen-bond donors (Lipinski definition) is 2. The highest BCUT2D eigenvalue weighted by atomic mass is 32.1. The predicted molar refractivity (Wildman–Crippen MR) is 81.4 cm³/mol. The van der Waals surface area contributed by atoms with E-state index in [0.29, 0.717) is 23.6 Å². The minimum atomic E-state index is -0.381. The molecule has 5 nitrogen and oxygen atoms in total. The van der Waals surface area contributed by atoms with Crippen molar-refractivity contribution in [1.82, 2.24) is 5.32 Å². The van der Waals surface area contributed by atoms with Gasteiger partial charge < -0.3 is 15.4 Å². The van der Waals surface area contributed by atoms with Gasteiger partial charge in [0.25, 0.3) is 0 Å². The average Bonchev–Trinajstić information content (AvgIpc) is 2.82. The molecule has 0 aliphatic rings. The molecule has 1 rings (SSSR count). The number of carbonyl (C=O) groups is 2. The second-order valence-corrected chi connectivity index (χ2v) is 5.42. The molecule has 0 saturated heterocycles. The van der Waals surface area contributed by atoms with E-state index in [1.165, 1.54) is 11.3 Å². The molecule has 0 atom stereocenters. The monoisotopic (exact) mass is 298 g/mol. The first-order chi connectivity index (χ1) is 9.62. The Morgan fingerprint density at radius 3 is 2.70 bits per heavy atom. The summed E-state index contributed by atoms with van der Waals surface area (Å²) >= 11 is 1.43. The van der Waals surface area contributed by atoms with Gasteiger partial charge in [-0.25, -0.2) is 4.79 Å². The smallest absolute Gasteiger partial charge is 0.341 e. The molecular weight excluding hydrogens is 276 g/mol. The van der Waals surface area contributed by atoms with Crippen molar-refractivity contribution in [2.75, 3.05) is 25.5 Å². The van der Waals surface area contributed by atoms with Crippen LogP contribution in [0.5, 0.6) is 0 Å². The van der Waals surface area contributed by atoms with E-state index >= 15 is 0 Å². The lowest BCUT2D eigenvalue weighted by Crippen LogP contribution is -2.16. The fourth-order valence-corrected chi connectivity index (χ4v) is 2.68. The summed E-state index contributed by atoms with van der Waals surface area (Å²) in [5.41, 5.74) is 0.454. The number of aryl methyl sites for hydroxylation is 1. The van der Waals surface area contributed by atoms with Crippen LogP contribution >= 0.6 is 11.3 Å². The van der Waals surface area contributed by atoms with Gasteiger partial charge in [-0.05, 0) is 39.4 Å². The lowest BCUT2D eigenvalue weighted by Gasteiger charge is -2.06. The molecule has 112 valence electrons. The van der Waals surface area contributed by atoms with Crippen molar-refractivity contribution >= 4 is 28.2 Å². The van der Waals surface area contributed by atoms with Gasteiger partial charge in [0.15, 0.2) is 0 Å². The van der Waals surface area contributed by atoms with E-state index in [9.17, 15) is 9.59 Å². The highest BCUT2D eigenvalue weighted by molar-refractivity contribution is 7.16. The maximum absolute atomic E-state index is 11.9. The number of amides is 1. The highest BCUT2D eigenvalue weighted by Crippen LogP contribution is 2.29.